The Labute approximate surface area is 212 Å². The molecule has 0 radical (unpaired) electrons. The van der Waals surface area contributed by atoms with E-state index in [1.54, 1.807) is 29.9 Å². The Kier molecular flexibility index (Phi) is 9.64. The zero-order valence-electron chi connectivity index (χ0n) is 22.0. The van der Waals surface area contributed by atoms with Gasteiger partial charge in [-0.2, -0.15) is 0 Å². The SMILES string of the molecule is CCOC(=O)C1CCCN(C(=O)CCN(CCOC)C(=O)c2cc(-c3c(C)cc(C)cc3C)on2)C1. The van der Waals surface area contributed by atoms with E-state index in [0.29, 0.717) is 38.6 Å². The lowest BCUT2D eigenvalue weighted by molar-refractivity contribution is -0.151. The molecule has 3 rings (SSSR count). The van der Waals surface area contributed by atoms with E-state index in [-0.39, 0.29) is 42.4 Å². The molecule has 1 aromatic heterocycles. The van der Waals surface area contributed by atoms with Crippen molar-refractivity contribution in [2.45, 2.75) is 47.0 Å². The second-order valence-electron chi connectivity index (χ2n) is 9.32. The summed E-state index contributed by atoms with van der Waals surface area (Å²) in [5.74, 6) is -0.426. The monoisotopic (exact) mass is 499 g/mol. The number of piperidine rings is 1. The summed E-state index contributed by atoms with van der Waals surface area (Å²) in [6.45, 7) is 9.96. The normalized spacial score (nSPS) is 15.6. The topological polar surface area (TPSA) is 102 Å². The number of aromatic nitrogens is 1. The van der Waals surface area contributed by atoms with Gasteiger partial charge < -0.3 is 23.8 Å². The van der Waals surface area contributed by atoms with Crippen molar-refractivity contribution >= 4 is 17.8 Å². The summed E-state index contributed by atoms with van der Waals surface area (Å²) in [7, 11) is 1.56. The third kappa shape index (κ3) is 6.72. The molecule has 0 spiro atoms. The van der Waals surface area contributed by atoms with Crippen LogP contribution in [-0.2, 0) is 19.1 Å². The molecule has 2 aromatic rings. The largest absolute Gasteiger partial charge is 0.466 e. The van der Waals surface area contributed by atoms with Crippen molar-refractivity contribution in [2.24, 2.45) is 5.92 Å². The molecule has 2 heterocycles. The number of benzene rings is 1. The molecule has 1 aliphatic heterocycles. The molecule has 196 valence electrons. The molecule has 1 saturated heterocycles. The fraction of sp³-hybridized carbons (Fsp3) is 0.556. The van der Waals surface area contributed by atoms with E-state index in [4.69, 9.17) is 14.0 Å². The number of aryl methyl sites for hydroxylation is 3. The molecule has 1 aromatic carbocycles. The van der Waals surface area contributed by atoms with Crippen molar-refractivity contribution in [3.8, 4) is 11.3 Å². The molecule has 0 saturated carbocycles. The minimum atomic E-state index is -0.319. The number of carbonyl (C=O) groups is 3. The van der Waals surface area contributed by atoms with Crippen molar-refractivity contribution in [1.29, 1.82) is 0 Å². The van der Waals surface area contributed by atoms with Crippen LogP contribution < -0.4 is 0 Å². The van der Waals surface area contributed by atoms with Crippen LogP contribution in [-0.4, -0.2) is 79.2 Å². The van der Waals surface area contributed by atoms with Gasteiger partial charge in [-0.25, -0.2) is 0 Å². The quantitative estimate of drug-likeness (QED) is 0.461. The predicted molar refractivity (Wildman–Crippen MR) is 134 cm³/mol. The van der Waals surface area contributed by atoms with Crippen molar-refractivity contribution in [2.75, 3.05) is 46.5 Å². The lowest BCUT2D eigenvalue weighted by atomic mass is 9.98. The van der Waals surface area contributed by atoms with Crippen molar-refractivity contribution in [3.63, 3.8) is 0 Å². The first-order chi connectivity index (χ1) is 17.2. The highest BCUT2D eigenvalue weighted by Crippen LogP contribution is 2.29. The summed E-state index contributed by atoms with van der Waals surface area (Å²) in [6.07, 6.45) is 1.61. The molecule has 36 heavy (non-hydrogen) atoms. The van der Waals surface area contributed by atoms with Crippen LogP contribution >= 0.6 is 0 Å². The van der Waals surface area contributed by atoms with E-state index in [1.165, 1.54) is 0 Å². The predicted octanol–water partition coefficient (Wildman–Crippen LogP) is 3.55. The molecule has 1 fully saturated rings. The summed E-state index contributed by atoms with van der Waals surface area (Å²) >= 11 is 0. The Morgan fingerprint density at radius 1 is 1.14 bits per heavy atom. The van der Waals surface area contributed by atoms with Crippen LogP contribution in [0.5, 0.6) is 0 Å². The third-order valence-electron chi connectivity index (χ3n) is 6.49. The van der Waals surface area contributed by atoms with E-state index in [0.717, 1.165) is 35.1 Å². The molecule has 1 atom stereocenters. The summed E-state index contributed by atoms with van der Waals surface area (Å²) in [5.41, 5.74) is 4.36. The number of nitrogens with zero attached hydrogens (tertiary/aromatic N) is 3. The van der Waals surface area contributed by atoms with Crippen LogP contribution in [0, 0.1) is 26.7 Å². The number of amides is 2. The van der Waals surface area contributed by atoms with Crippen molar-refractivity contribution in [3.05, 3.63) is 40.6 Å². The van der Waals surface area contributed by atoms with Crippen LogP contribution in [0.1, 0.15) is 53.4 Å². The van der Waals surface area contributed by atoms with E-state index in [9.17, 15) is 14.4 Å². The van der Waals surface area contributed by atoms with Crippen molar-refractivity contribution in [1.82, 2.24) is 15.0 Å². The van der Waals surface area contributed by atoms with E-state index < -0.39 is 0 Å². The maximum atomic E-state index is 13.3. The van der Waals surface area contributed by atoms with E-state index >= 15 is 0 Å². The summed E-state index contributed by atoms with van der Waals surface area (Å²) in [6, 6.07) is 5.79. The molecule has 0 N–H and O–H groups in total. The summed E-state index contributed by atoms with van der Waals surface area (Å²) in [5, 5.41) is 4.04. The van der Waals surface area contributed by atoms with Crippen LogP contribution in [0.4, 0.5) is 0 Å². The van der Waals surface area contributed by atoms with Gasteiger partial charge in [-0.3, -0.25) is 14.4 Å². The van der Waals surface area contributed by atoms with Gasteiger partial charge in [0.2, 0.25) is 5.91 Å². The Morgan fingerprint density at radius 2 is 1.86 bits per heavy atom. The fourth-order valence-electron chi connectivity index (χ4n) is 4.79. The Balaban J connectivity index is 1.68. The number of rotatable bonds is 10. The first kappa shape index (κ1) is 27.4. The van der Waals surface area contributed by atoms with Crippen LogP contribution in [0.2, 0.25) is 0 Å². The van der Waals surface area contributed by atoms with Gasteiger partial charge in [-0.1, -0.05) is 22.9 Å². The Hall–Kier alpha value is -3.20. The molecular formula is C27H37N3O6. The van der Waals surface area contributed by atoms with Crippen LogP contribution in [0.3, 0.4) is 0 Å². The van der Waals surface area contributed by atoms with E-state index in [1.807, 2.05) is 20.8 Å². The highest BCUT2D eigenvalue weighted by molar-refractivity contribution is 5.93. The molecule has 9 heteroatoms. The third-order valence-corrected chi connectivity index (χ3v) is 6.49. The second kappa shape index (κ2) is 12.7. The van der Waals surface area contributed by atoms with Gasteiger partial charge in [0, 0.05) is 51.3 Å². The number of esters is 1. The zero-order chi connectivity index (χ0) is 26.2. The van der Waals surface area contributed by atoms with Crippen LogP contribution in [0.25, 0.3) is 11.3 Å². The molecular weight excluding hydrogens is 462 g/mol. The number of ether oxygens (including phenoxy) is 2. The van der Waals surface area contributed by atoms with Gasteiger partial charge in [0.15, 0.2) is 11.5 Å². The van der Waals surface area contributed by atoms with Gasteiger partial charge >= 0.3 is 5.97 Å². The number of methoxy groups -OCH3 is 1. The van der Waals surface area contributed by atoms with Gasteiger partial charge in [0.25, 0.3) is 5.91 Å². The van der Waals surface area contributed by atoms with Crippen molar-refractivity contribution < 1.29 is 28.4 Å². The van der Waals surface area contributed by atoms with Crippen LogP contribution in [0.15, 0.2) is 22.7 Å². The van der Waals surface area contributed by atoms with Gasteiger partial charge in [0.05, 0.1) is 19.1 Å². The fourth-order valence-corrected chi connectivity index (χ4v) is 4.79. The van der Waals surface area contributed by atoms with Gasteiger partial charge in [0.1, 0.15) is 0 Å². The number of likely N-dealkylation sites (tertiary alicyclic amines) is 1. The minimum absolute atomic E-state index is 0.0917. The summed E-state index contributed by atoms with van der Waals surface area (Å²) in [4.78, 5) is 41.6. The lowest BCUT2D eigenvalue weighted by Crippen LogP contribution is -2.44. The zero-order valence-corrected chi connectivity index (χ0v) is 22.0. The number of carbonyl (C=O) groups excluding carboxylic acids is 3. The number of hydrogen-bond acceptors (Lipinski definition) is 7. The first-order valence-corrected chi connectivity index (χ1v) is 12.5. The highest BCUT2D eigenvalue weighted by Gasteiger charge is 2.30. The van der Waals surface area contributed by atoms with Gasteiger partial charge in [-0.15, -0.1) is 0 Å². The second-order valence-corrected chi connectivity index (χ2v) is 9.32. The van der Waals surface area contributed by atoms with Gasteiger partial charge in [-0.05, 0) is 51.7 Å². The summed E-state index contributed by atoms with van der Waals surface area (Å²) < 4.78 is 15.9. The first-order valence-electron chi connectivity index (χ1n) is 12.5. The Morgan fingerprint density at radius 3 is 2.53 bits per heavy atom. The molecule has 9 nitrogen and oxygen atoms in total. The lowest BCUT2D eigenvalue weighted by Gasteiger charge is -2.32. The molecule has 1 unspecified atom stereocenters. The number of hydrogen-bond donors (Lipinski definition) is 0. The molecule has 0 bridgehead atoms. The average Bonchev–Trinajstić information content (AvgIpc) is 3.33. The maximum Gasteiger partial charge on any atom is 0.310 e. The standard InChI is InChI=1S/C27H37N3O6/c1-6-35-27(33)21-8-7-10-30(17-21)24(31)9-11-29(12-13-34-5)26(32)22-16-23(36-28-22)25-19(3)14-18(2)15-20(25)4/h14-16,21H,6-13,17H2,1-5H3. The molecule has 1 aliphatic rings. The Bertz CT molecular complexity index is 1060. The molecule has 2 amide bonds. The van der Waals surface area contributed by atoms with E-state index in [2.05, 4.69) is 17.3 Å². The maximum absolute atomic E-state index is 13.3. The smallest absolute Gasteiger partial charge is 0.310 e. The average molecular weight is 500 g/mol. The minimum Gasteiger partial charge on any atom is -0.466 e. The highest BCUT2D eigenvalue weighted by atomic mass is 16.5. The molecule has 0 aliphatic carbocycles.